The molecule has 0 aliphatic rings. The van der Waals surface area contributed by atoms with Gasteiger partial charge in [0.1, 0.15) is 30.0 Å². The molecule has 0 aromatic heterocycles. The summed E-state index contributed by atoms with van der Waals surface area (Å²) in [4.78, 5) is 52.9. The predicted molar refractivity (Wildman–Crippen MR) is 143 cm³/mol. The number of nitrogens with zero attached hydrogens (tertiary/aromatic N) is 1. The van der Waals surface area contributed by atoms with Crippen molar-refractivity contribution in [3.8, 4) is 5.75 Å². The quantitative estimate of drug-likeness (QED) is 0.237. The fraction of sp³-hybridized carbons (Fsp3) is 0.615. The van der Waals surface area contributed by atoms with E-state index >= 15 is 0 Å². The Morgan fingerprint density at radius 1 is 1.08 bits per heavy atom. The third kappa shape index (κ3) is 10.5. The van der Waals surface area contributed by atoms with Gasteiger partial charge in [-0.2, -0.15) is 12.6 Å². The fourth-order valence-corrected chi connectivity index (χ4v) is 3.84. The number of benzene rings is 1. The Bertz CT molecular complexity index is 933. The van der Waals surface area contributed by atoms with Crippen molar-refractivity contribution in [3.05, 3.63) is 29.8 Å². The largest absolute Gasteiger partial charge is 0.508 e. The number of carbonyl (C=O) groups is 4. The predicted octanol–water partition coefficient (Wildman–Crippen LogP) is 3.20. The number of methoxy groups -OCH3 is 1. The minimum atomic E-state index is -1.30. The van der Waals surface area contributed by atoms with Crippen LogP contribution in [-0.4, -0.2) is 71.0 Å². The molecular weight excluding hydrogens is 498 g/mol. The maximum atomic E-state index is 13.9. The first-order chi connectivity index (χ1) is 17.2. The minimum absolute atomic E-state index is 0.0667. The summed E-state index contributed by atoms with van der Waals surface area (Å²) in [6.07, 6.45) is 0.500. The molecule has 0 bridgehead atoms. The van der Waals surface area contributed by atoms with Crippen LogP contribution in [0.2, 0.25) is 0 Å². The van der Waals surface area contributed by atoms with E-state index in [2.05, 4.69) is 28.0 Å². The van der Waals surface area contributed by atoms with Crippen molar-refractivity contribution in [2.75, 3.05) is 19.4 Å². The van der Waals surface area contributed by atoms with Gasteiger partial charge in [0.2, 0.25) is 11.8 Å². The highest BCUT2D eigenvalue weighted by molar-refractivity contribution is 7.80. The van der Waals surface area contributed by atoms with E-state index in [1.54, 1.807) is 39.8 Å². The Balaban J connectivity index is 3.53. The van der Waals surface area contributed by atoms with E-state index in [9.17, 15) is 24.3 Å². The maximum absolute atomic E-state index is 13.9. The van der Waals surface area contributed by atoms with E-state index in [0.717, 1.165) is 6.42 Å². The van der Waals surface area contributed by atoms with Crippen molar-refractivity contribution in [1.82, 2.24) is 15.5 Å². The standard InChI is InChI=1S/C26H41N3O7S/c1-16(2)12-13-17(3)29(24(33)19(15-37)28-25(34)36-26(4,5)6)22(18-10-8-9-11-20(18)30)23(32)27-14-21(31)35-7/h8-11,16-17,19,22,30,37H,12-15H2,1-7H3,(H,27,32)(H,28,34). The van der Waals surface area contributed by atoms with Gasteiger partial charge in [0.15, 0.2) is 0 Å². The molecule has 0 aliphatic carbocycles. The van der Waals surface area contributed by atoms with Crippen molar-refractivity contribution in [2.24, 2.45) is 5.92 Å². The van der Waals surface area contributed by atoms with Gasteiger partial charge in [-0.05, 0) is 52.5 Å². The number of nitrogens with one attached hydrogen (secondary N) is 2. The molecule has 1 rings (SSSR count). The van der Waals surface area contributed by atoms with Gasteiger partial charge in [0.25, 0.3) is 0 Å². The van der Waals surface area contributed by atoms with E-state index in [1.807, 2.05) is 13.8 Å². The van der Waals surface area contributed by atoms with Gasteiger partial charge in [0, 0.05) is 17.4 Å². The van der Waals surface area contributed by atoms with Gasteiger partial charge in [0.05, 0.1) is 7.11 Å². The van der Waals surface area contributed by atoms with Gasteiger partial charge in [-0.1, -0.05) is 32.0 Å². The third-order valence-electron chi connectivity index (χ3n) is 5.46. The number of hydrogen-bond donors (Lipinski definition) is 4. The number of phenolic OH excluding ortho intramolecular Hbond substituents is 1. The zero-order valence-electron chi connectivity index (χ0n) is 22.7. The van der Waals surface area contributed by atoms with Crippen LogP contribution in [0.3, 0.4) is 0 Å². The number of rotatable bonds is 12. The molecule has 11 heteroatoms. The maximum Gasteiger partial charge on any atom is 0.408 e. The van der Waals surface area contributed by atoms with E-state index in [1.165, 1.54) is 24.1 Å². The molecule has 0 spiro atoms. The lowest BCUT2D eigenvalue weighted by Gasteiger charge is -2.38. The molecule has 0 saturated heterocycles. The van der Waals surface area contributed by atoms with Crippen molar-refractivity contribution in [2.45, 2.75) is 78.1 Å². The van der Waals surface area contributed by atoms with Gasteiger partial charge in [-0.15, -0.1) is 0 Å². The molecule has 0 fully saturated rings. The smallest absolute Gasteiger partial charge is 0.408 e. The normalized spacial score (nSPS) is 13.8. The summed E-state index contributed by atoms with van der Waals surface area (Å²) >= 11 is 4.27. The summed E-state index contributed by atoms with van der Waals surface area (Å²) in [5.41, 5.74) is -0.616. The number of phenols is 1. The van der Waals surface area contributed by atoms with E-state index in [-0.39, 0.29) is 17.1 Å². The summed E-state index contributed by atoms with van der Waals surface area (Å²) in [5.74, 6) is -1.88. The summed E-state index contributed by atoms with van der Waals surface area (Å²) in [5, 5.41) is 15.7. The number of thiol groups is 1. The number of ether oxygens (including phenoxy) is 2. The fourth-order valence-electron chi connectivity index (χ4n) is 3.59. The zero-order chi connectivity index (χ0) is 28.3. The molecule has 1 aromatic rings. The Hall–Kier alpha value is -2.95. The van der Waals surface area contributed by atoms with E-state index in [0.29, 0.717) is 12.3 Å². The number of carbonyl (C=O) groups excluding carboxylic acids is 4. The van der Waals surface area contributed by atoms with Crippen LogP contribution in [0.1, 0.15) is 66.0 Å². The zero-order valence-corrected chi connectivity index (χ0v) is 23.6. The number of amides is 3. The number of hydrogen-bond acceptors (Lipinski definition) is 8. The summed E-state index contributed by atoms with van der Waals surface area (Å²) < 4.78 is 9.92. The Kier molecular flexibility index (Phi) is 12.7. The van der Waals surface area contributed by atoms with Crippen LogP contribution in [-0.2, 0) is 23.9 Å². The SMILES string of the molecule is COC(=O)CNC(=O)C(c1ccccc1O)N(C(=O)C(CS)NC(=O)OC(C)(C)C)C(C)CCC(C)C. The summed E-state index contributed by atoms with van der Waals surface area (Å²) in [6.45, 7) is 10.6. The average molecular weight is 540 g/mol. The molecule has 1 aromatic carbocycles. The first-order valence-corrected chi connectivity index (χ1v) is 12.9. The van der Waals surface area contributed by atoms with Crippen LogP contribution in [0, 0.1) is 5.92 Å². The first-order valence-electron chi connectivity index (χ1n) is 12.3. The Morgan fingerprint density at radius 3 is 2.22 bits per heavy atom. The molecule has 37 heavy (non-hydrogen) atoms. The van der Waals surface area contributed by atoms with E-state index in [4.69, 9.17) is 4.74 Å². The van der Waals surface area contributed by atoms with Crippen molar-refractivity contribution in [1.29, 1.82) is 0 Å². The number of esters is 1. The van der Waals surface area contributed by atoms with Gasteiger partial charge in [-0.3, -0.25) is 14.4 Å². The van der Waals surface area contributed by atoms with Crippen LogP contribution in [0.4, 0.5) is 4.79 Å². The van der Waals surface area contributed by atoms with Crippen LogP contribution in [0.25, 0.3) is 0 Å². The third-order valence-corrected chi connectivity index (χ3v) is 5.82. The van der Waals surface area contributed by atoms with E-state index < -0.39 is 54.1 Å². The highest BCUT2D eigenvalue weighted by atomic mass is 32.1. The Morgan fingerprint density at radius 2 is 1.70 bits per heavy atom. The molecule has 0 heterocycles. The highest BCUT2D eigenvalue weighted by Gasteiger charge is 2.39. The molecule has 10 nitrogen and oxygen atoms in total. The lowest BCUT2D eigenvalue weighted by molar-refractivity contribution is -0.146. The van der Waals surface area contributed by atoms with Crippen molar-refractivity contribution in [3.63, 3.8) is 0 Å². The molecule has 3 unspecified atom stereocenters. The molecule has 208 valence electrons. The minimum Gasteiger partial charge on any atom is -0.508 e. The van der Waals surface area contributed by atoms with Crippen LogP contribution < -0.4 is 10.6 Å². The lowest BCUT2D eigenvalue weighted by Crippen LogP contribution is -2.56. The molecule has 3 N–H and O–H groups in total. The molecule has 3 amide bonds. The number of aromatic hydroxyl groups is 1. The van der Waals surface area contributed by atoms with Crippen molar-refractivity contribution >= 4 is 36.5 Å². The lowest BCUT2D eigenvalue weighted by atomic mass is 9.97. The second-order valence-electron chi connectivity index (χ2n) is 10.2. The topological polar surface area (TPSA) is 134 Å². The molecule has 0 saturated carbocycles. The van der Waals surface area contributed by atoms with Crippen LogP contribution in [0.5, 0.6) is 5.75 Å². The first kappa shape index (κ1) is 32.1. The highest BCUT2D eigenvalue weighted by Crippen LogP contribution is 2.32. The van der Waals surface area contributed by atoms with Gasteiger partial charge in [-0.25, -0.2) is 4.79 Å². The number of para-hydroxylation sites is 1. The molecule has 3 atom stereocenters. The molecule has 0 aliphatic heterocycles. The average Bonchev–Trinajstić information content (AvgIpc) is 2.81. The monoisotopic (exact) mass is 539 g/mol. The second kappa shape index (κ2) is 14.7. The van der Waals surface area contributed by atoms with Crippen molar-refractivity contribution < 1.29 is 33.8 Å². The van der Waals surface area contributed by atoms with Gasteiger partial charge >= 0.3 is 12.1 Å². The van der Waals surface area contributed by atoms with Crippen LogP contribution in [0.15, 0.2) is 24.3 Å². The summed E-state index contributed by atoms with van der Waals surface area (Å²) in [7, 11) is 1.19. The number of alkyl carbamates (subject to hydrolysis) is 1. The Labute approximate surface area is 224 Å². The van der Waals surface area contributed by atoms with Gasteiger partial charge < -0.3 is 30.1 Å². The van der Waals surface area contributed by atoms with Crippen LogP contribution >= 0.6 is 12.6 Å². The summed E-state index contributed by atoms with van der Waals surface area (Å²) in [6, 6.07) is 3.26. The molecule has 0 radical (unpaired) electrons. The second-order valence-corrected chi connectivity index (χ2v) is 10.6. The molecular formula is C26H41N3O7S.